The van der Waals surface area contributed by atoms with Gasteiger partial charge in [-0.25, -0.2) is 4.79 Å². The van der Waals surface area contributed by atoms with Crippen molar-refractivity contribution in [2.45, 2.75) is 32.7 Å². The van der Waals surface area contributed by atoms with Gasteiger partial charge in [0.25, 0.3) is 0 Å². The number of urea groups is 1. The van der Waals surface area contributed by atoms with Gasteiger partial charge in [0.05, 0.1) is 17.8 Å². The molecule has 1 aromatic rings. The molecule has 0 radical (unpaired) electrons. The van der Waals surface area contributed by atoms with Crippen LogP contribution in [0.1, 0.15) is 26.7 Å². The third-order valence-corrected chi connectivity index (χ3v) is 3.06. The van der Waals surface area contributed by atoms with E-state index in [9.17, 15) is 4.79 Å². The van der Waals surface area contributed by atoms with E-state index in [1.54, 1.807) is 25.3 Å². The number of methoxy groups -OCH3 is 1. The fourth-order valence-electron chi connectivity index (χ4n) is 1.56. The van der Waals surface area contributed by atoms with Gasteiger partial charge < -0.3 is 15.4 Å². The van der Waals surface area contributed by atoms with Gasteiger partial charge in [-0.3, -0.25) is 0 Å². The predicted molar refractivity (Wildman–Crippen MR) is 74.5 cm³/mol. The zero-order chi connectivity index (χ0) is 13.5. The Morgan fingerprint density at radius 2 is 2.06 bits per heavy atom. The summed E-state index contributed by atoms with van der Waals surface area (Å²) in [6.07, 6.45) is 1.81. The molecule has 100 valence electrons. The van der Waals surface area contributed by atoms with E-state index in [0.717, 1.165) is 12.8 Å². The average Bonchev–Trinajstić information content (AvgIpc) is 2.38. The summed E-state index contributed by atoms with van der Waals surface area (Å²) in [4.78, 5) is 11.7. The van der Waals surface area contributed by atoms with Crippen molar-refractivity contribution in [2.75, 3.05) is 12.4 Å². The van der Waals surface area contributed by atoms with Crippen LogP contribution in [0.2, 0.25) is 5.02 Å². The number of halogens is 1. The lowest BCUT2D eigenvalue weighted by atomic mass is 10.2. The summed E-state index contributed by atoms with van der Waals surface area (Å²) in [5.74, 6) is 0.658. The van der Waals surface area contributed by atoms with Crippen molar-refractivity contribution in [1.82, 2.24) is 5.32 Å². The smallest absolute Gasteiger partial charge is 0.319 e. The number of carbonyl (C=O) groups is 1. The molecular weight excluding hydrogens is 252 g/mol. The minimum atomic E-state index is -0.240. The molecule has 2 amide bonds. The summed E-state index contributed by atoms with van der Waals surface area (Å²) < 4.78 is 5.04. The lowest BCUT2D eigenvalue weighted by Gasteiger charge is -2.16. The maximum Gasteiger partial charge on any atom is 0.319 e. The molecule has 2 N–H and O–H groups in total. The van der Waals surface area contributed by atoms with E-state index >= 15 is 0 Å². The molecule has 0 atom stereocenters. The van der Waals surface area contributed by atoms with Crippen LogP contribution in [0.5, 0.6) is 5.75 Å². The number of amides is 2. The highest BCUT2D eigenvalue weighted by Crippen LogP contribution is 2.26. The number of hydrogen-bond donors (Lipinski definition) is 2. The first-order chi connectivity index (χ1) is 8.60. The SMILES string of the molecule is CCC(CC)NC(=O)Nc1ccc(OC)cc1Cl. The second-order valence-electron chi connectivity index (χ2n) is 3.96. The molecule has 0 aliphatic carbocycles. The number of hydrogen-bond acceptors (Lipinski definition) is 2. The van der Waals surface area contributed by atoms with Gasteiger partial charge in [0.15, 0.2) is 0 Å². The summed E-state index contributed by atoms with van der Waals surface area (Å²) in [5, 5.41) is 6.06. The predicted octanol–water partition coefficient (Wildman–Crippen LogP) is 3.66. The topological polar surface area (TPSA) is 50.4 Å². The molecule has 4 nitrogen and oxygen atoms in total. The lowest BCUT2D eigenvalue weighted by molar-refractivity contribution is 0.247. The Labute approximate surface area is 113 Å². The molecule has 0 aliphatic rings. The number of ether oxygens (including phenoxy) is 1. The van der Waals surface area contributed by atoms with Gasteiger partial charge in [0.2, 0.25) is 0 Å². The Kier molecular flexibility index (Phi) is 5.78. The Bertz CT molecular complexity index is 406. The number of carbonyl (C=O) groups excluding carboxylic acids is 1. The van der Waals surface area contributed by atoms with Crippen LogP contribution >= 0.6 is 11.6 Å². The normalized spacial score (nSPS) is 10.3. The number of nitrogens with one attached hydrogen (secondary N) is 2. The molecule has 0 unspecified atom stereocenters. The van der Waals surface area contributed by atoms with E-state index in [1.165, 1.54) is 0 Å². The van der Waals surface area contributed by atoms with Crippen LogP contribution in [0.3, 0.4) is 0 Å². The van der Waals surface area contributed by atoms with Crippen molar-refractivity contribution in [1.29, 1.82) is 0 Å². The maximum atomic E-state index is 11.7. The zero-order valence-corrected chi connectivity index (χ0v) is 11.7. The van der Waals surface area contributed by atoms with Crippen LogP contribution < -0.4 is 15.4 Å². The molecule has 1 rings (SSSR count). The van der Waals surface area contributed by atoms with E-state index in [-0.39, 0.29) is 12.1 Å². The second-order valence-corrected chi connectivity index (χ2v) is 4.36. The fraction of sp³-hybridized carbons (Fsp3) is 0.462. The highest BCUT2D eigenvalue weighted by molar-refractivity contribution is 6.33. The van der Waals surface area contributed by atoms with Crippen LogP contribution in [-0.4, -0.2) is 19.2 Å². The third kappa shape index (κ3) is 4.11. The van der Waals surface area contributed by atoms with E-state index in [0.29, 0.717) is 16.5 Å². The third-order valence-electron chi connectivity index (χ3n) is 2.75. The molecule has 0 spiro atoms. The molecular formula is C13H19ClN2O2. The van der Waals surface area contributed by atoms with Gasteiger partial charge >= 0.3 is 6.03 Å². The van der Waals surface area contributed by atoms with Crippen LogP contribution in [0.15, 0.2) is 18.2 Å². The monoisotopic (exact) mass is 270 g/mol. The fourth-order valence-corrected chi connectivity index (χ4v) is 1.78. The van der Waals surface area contributed by atoms with Gasteiger partial charge in [0, 0.05) is 12.1 Å². The van der Waals surface area contributed by atoms with E-state index in [2.05, 4.69) is 10.6 Å². The summed E-state index contributed by atoms with van der Waals surface area (Å²) in [6.45, 7) is 4.07. The molecule has 0 heterocycles. The van der Waals surface area contributed by atoms with Gasteiger partial charge in [0.1, 0.15) is 5.75 Å². The minimum Gasteiger partial charge on any atom is -0.497 e. The molecule has 0 fully saturated rings. The van der Waals surface area contributed by atoms with E-state index in [1.807, 2.05) is 13.8 Å². The number of anilines is 1. The van der Waals surface area contributed by atoms with Crippen molar-refractivity contribution in [2.24, 2.45) is 0 Å². The minimum absolute atomic E-state index is 0.182. The van der Waals surface area contributed by atoms with Crippen molar-refractivity contribution >= 4 is 23.3 Å². The molecule has 0 saturated carbocycles. The summed E-state index contributed by atoms with van der Waals surface area (Å²) in [5.41, 5.74) is 0.570. The van der Waals surface area contributed by atoms with Gasteiger partial charge in [-0.1, -0.05) is 25.4 Å². The zero-order valence-electron chi connectivity index (χ0n) is 10.9. The van der Waals surface area contributed by atoms with Crippen molar-refractivity contribution in [3.63, 3.8) is 0 Å². The maximum absolute atomic E-state index is 11.7. The number of rotatable bonds is 5. The Hall–Kier alpha value is -1.42. The summed E-state index contributed by atoms with van der Waals surface area (Å²) in [7, 11) is 1.57. The van der Waals surface area contributed by atoms with E-state index < -0.39 is 0 Å². The van der Waals surface area contributed by atoms with Crippen LogP contribution in [0.25, 0.3) is 0 Å². The first-order valence-electron chi connectivity index (χ1n) is 6.01. The average molecular weight is 271 g/mol. The van der Waals surface area contributed by atoms with Gasteiger partial charge in [-0.05, 0) is 25.0 Å². The highest BCUT2D eigenvalue weighted by Gasteiger charge is 2.10. The molecule has 18 heavy (non-hydrogen) atoms. The van der Waals surface area contributed by atoms with Gasteiger partial charge in [-0.2, -0.15) is 0 Å². The standard InChI is InChI=1S/C13H19ClN2O2/c1-4-9(5-2)15-13(17)16-12-7-6-10(18-3)8-11(12)14/h6-9H,4-5H2,1-3H3,(H2,15,16,17). The summed E-state index contributed by atoms with van der Waals surface area (Å²) in [6, 6.07) is 5.07. The van der Waals surface area contributed by atoms with Crippen LogP contribution in [0.4, 0.5) is 10.5 Å². The Morgan fingerprint density at radius 1 is 1.39 bits per heavy atom. The molecule has 0 aromatic heterocycles. The Balaban J connectivity index is 2.64. The molecule has 0 bridgehead atoms. The first-order valence-corrected chi connectivity index (χ1v) is 6.39. The first kappa shape index (κ1) is 14.6. The van der Waals surface area contributed by atoms with Gasteiger partial charge in [-0.15, -0.1) is 0 Å². The van der Waals surface area contributed by atoms with Crippen molar-refractivity contribution in [3.05, 3.63) is 23.2 Å². The van der Waals surface area contributed by atoms with Crippen molar-refractivity contribution < 1.29 is 9.53 Å². The van der Waals surface area contributed by atoms with E-state index in [4.69, 9.17) is 16.3 Å². The Morgan fingerprint density at radius 3 is 2.56 bits per heavy atom. The van der Waals surface area contributed by atoms with Crippen molar-refractivity contribution in [3.8, 4) is 5.75 Å². The molecule has 1 aromatic carbocycles. The quantitative estimate of drug-likeness (QED) is 0.858. The highest BCUT2D eigenvalue weighted by atomic mass is 35.5. The summed E-state index contributed by atoms with van der Waals surface area (Å²) >= 11 is 6.03. The lowest BCUT2D eigenvalue weighted by Crippen LogP contribution is -2.37. The van der Waals surface area contributed by atoms with Crippen LogP contribution in [0, 0.1) is 0 Å². The largest absolute Gasteiger partial charge is 0.497 e. The molecule has 0 saturated heterocycles. The van der Waals surface area contributed by atoms with Crippen LogP contribution in [-0.2, 0) is 0 Å². The second kappa shape index (κ2) is 7.11. The number of benzene rings is 1. The molecule has 5 heteroatoms. The molecule has 0 aliphatic heterocycles.